The predicted octanol–water partition coefficient (Wildman–Crippen LogP) is 5.09. The molecule has 0 saturated heterocycles. The van der Waals surface area contributed by atoms with Gasteiger partial charge in [0.05, 0.1) is 30.6 Å². The van der Waals surface area contributed by atoms with E-state index in [1.54, 1.807) is 6.92 Å². The van der Waals surface area contributed by atoms with Crippen molar-refractivity contribution in [2.45, 2.75) is 51.2 Å². The molecule has 0 fully saturated rings. The van der Waals surface area contributed by atoms with Crippen molar-refractivity contribution in [2.24, 2.45) is 4.99 Å². The number of amidine groups is 1. The number of aliphatic imine (C=N–C) groups is 1. The van der Waals surface area contributed by atoms with Crippen LogP contribution in [0.1, 0.15) is 61.0 Å². The number of anilines is 1. The summed E-state index contributed by atoms with van der Waals surface area (Å²) in [6.45, 7) is 1.53. The summed E-state index contributed by atoms with van der Waals surface area (Å²) in [5.74, 6) is -5.35. The van der Waals surface area contributed by atoms with Crippen LogP contribution in [0.15, 0.2) is 35.3 Å². The lowest BCUT2D eigenvalue weighted by Crippen LogP contribution is -2.39. The fourth-order valence-corrected chi connectivity index (χ4v) is 4.66. The van der Waals surface area contributed by atoms with Crippen LogP contribution in [0.25, 0.3) is 0 Å². The third-order valence-corrected chi connectivity index (χ3v) is 6.63. The molecule has 1 aliphatic rings. The number of phenolic OH excluding ortho intramolecular Hbond substituents is 1. The molecule has 4 N–H and O–H groups in total. The van der Waals surface area contributed by atoms with Crippen molar-refractivity contribution >= 4 is 58.5 Å². The van der Waals surface area contributed by atoms with Gasteiger partial charge in [-0.1, -0.05) is 29.6 Å². The molecule has 0 bridgehead atoms. The molecule has 0 saturated carbocycles. The second-order valence-corrected chi connectivity index (χ2v) is 10.4. The number of ether oxygens (including phenoxy) is 2. The molecular weight excluding hydrogens is 632 g/mol. The van der Waals surface area contributed by atoms with Crippen LogP contribution in [0, 0.1) is 0 Å². The molecule has 3 rings (SSSR count). The molecule has 1 heterocycles. The molecule has 238 valence electrons. The van der Waals surface area contributed by atoms with E-state index in [1.165, 1.54) is 18.2 Å². The molecule has 44 heavy (non-hydrogen) atoms. The molecule has 1 atom stereocenters. The van der Waals surface area contributed by atoms with Crippen LogP contribution in [0.3, 0.4) is 0 Å². The summed E-state index contributed by atoms with van der Waals surface area (Å²) < 4.78 is 47.9. The van der Waals surface area contributed by atoms with Gasteiger partial charge in [-0.2, -0.15) is 13.2 Å². The zero-order valence-electron chi connectivity index (χ0n) is 23.4. The maximum absolute atomic E-state index is 13.0. The van der Waals surface area contributed by atoms with Crippen molar-refractivity contribution < 1.29 is 46.9 Å². The number of phenols is 1. The van der Waals surface area contributed by atoms with E-state index in [0.717, 1.165) is 31.4 Å². The molecule has 2 amide bonds. The average Bonchev–Trinajstić information content (AvgIpc) is 3.21. The maximum Gasteiger partial charge on any atom is 0.491 e. The first kappa shape index (κ1) is 34.5. The minimum atomic E-state index is -5.28. The Morgan fingerprint density at radius 3 is 2.52 bits per heavy atom. The molecule has 0 radical (unpaired) electrons. The number of nitrogens with one attached hydrogen (secondary N) is 3. The first-order chi connectivity index (χ1) is 20.8. The predicted molar refractivity (Wildman–Crippen MR) is 155 cm³/mol. The SMILES string of the molecule is CCOC(=O)C[C@@H](NC(=O)CNC(=O)c1cc(NC2=NCCCCC2)cc(OC(=O)C(F)(F)F)c1)c1cc(Cl)cc(Cl)c1O. The first-order valence-electron chi connectivity index (χ1n) is 13.4. The monoisotopic (exact) mass is 660 g/mol. The van der Waals surface area contributed by atoms with Crippen LogP contribution in [0.5, 0.6) is 11.5 Å². The number of carbonyl (C=O) groups excluding carboxylic acids is 4. The average molecular weight is 661 g/mol. The van der Waals surface area contributed by atoms with Gasteiger partial charge in [0.1, 0.15) is 17.3 Å². The molecule has 16 heteroatoms. The van der Waals surface area contributed by atoms with Gasteiger partial charge < -0.3 is 30.5 Å². The molecule has 11 nitrogen and oxygen atoms in total. The van der Waals surface area contributed by atoms with Gasteiger partial charge >= 0.3 is 18.1 Å². The smallest absolute Gasteiger partial charge is 0.491 e. The number of rotatable bonds is 10. The van der Waals surface area contributed by atoms with Gasteiger partial charge in [0.25, 0.3) is 5.91 Å². The van der Waals surface area contributed by atoms with Gasteiger partial charge in [-0.25, -0.2) is 4.79 Å². The van der Waals surface area contributed by atoms with Crippen molar-refractivity contribution in [1.82, 2.24) is 10.6 Å². The zero-order valence-corrected chi connectivity index (χ0v) is 24.9. The molecular formula is C28H29Cl2F3N4O7. The highest BCUT2D eigenvalue weighted by atomic mass is 35.5. The van der Waals surface area contributed by atoms with E-state index in [-0.39, 0.29) is 33.5 Å². The number of hydrogen-bond acceptors (Lipinski definition) is 9. The number of aromatic hydroxyl groups is 1. The van der Waals surface area contributed by atoms with E-state index < -0.39 is 60.4 Å². The molecule has 1 aliphatic heterocycles. The number of amides is 2. The van der Waals surface area contributed by atoms with E-state index in [2.05, 4.69) is 25.7 Å². The van der Waals surface area contributed by atoms with E-state index in [4.69, 9.17) is 27.9 Å². The van der Waals surface area contributed by atoms with Crippen LogP contribution in [0.4, 0.5) is 18.9 Å². The number of hydrogen-bond donors (Lipinski definition) is 4. The Balaban J connectivity index is 1.79. The molecule has 2 aromatic carbocycles. The lowest BCUT2D eigenvalue weighted by atomic mass is 10.0. The number of benzene rings is 2. The highest BCUT2D eigenvalue weighted by Crippen LogP contribution is 2.36. The summed E-state index contributed by atoms with van der Waals surface area (Å²) in [6, 6.07) is 4.72. The van der Waals surface area contributed by atoms with Crippen LogP contribution < -0.4 is 20.7 Å². The Labute approximate surface area is 260 Å². The summed E-state index contributed by atoms with van der Waals surface area (Å²) in [4.78, 5) is 53.8. The van der Waals surface area contributed by atoms with Gasteiger partial charge in [-0.05, 0) is 44.0 Å². The van der Waals surface area contributed by atoms with Gasteiger partial charge in [-0.15, -0.1) is 0 Å². The summed E-state index contributed by atoms with van der Waals surface area (Å²) >= 11 is 12.0. The van der Waals surface area contributed by atoms with Crippen molar-refractivity contribution in [3.8, 4) is 11.5 Å². The fourth-order valence-electron chi connectivity index (χ4n) is 4.15. The van der Waals surface area contributed by atoms with Gasteiger partial charge in [0.15, 0.2) is 0 Å². The summed E-state index contributed by atoms with van der Waals surface area (Å²) in [6.07, 6.45) is -2.49. The third kappa shape index (κ3) is 10.3. The highest BCUT2D eigenvalue weighted by Gasteiger charge is 2.41. The van der Waals surface area contributed by atoms with E-state index in [9.17, 15) is 37.5 Å². The quantitative estimate of drug-likeness (QED) is 0.203. The van der Waals surface area contributed by atoms with Crippen molar-refractivity contribution in [3.63, 3.8) is 0 Å². The Morgan fingerprint density at radius 1 is 1.07 bits per heavy atom. The van der Waals surface area contributed by atoms with Gasteiger partial charge in [0, 0.05) is 40.9 Å². The molecule has 0 aromatic heterocycles. The van der Waals surface area contributed by atoms with Crippen LogP contribution >= 0.6 is 23.2 Å². The maximum atomic E-state index is 13.0. The van der Waals surface area contributed by atoms with Gasteiger partial charge in [-0.3, -0.25) is 19.4 Å². The number of halogens is 5. The lowest BCUT2D eigenvalue weighted by Gasteiger charge is -2.20. The standard InChI is InChI=1S/C28H29Cl2F3N4O7/c1-2-43-24(39)13-21(19-10-16(29)11-20(30)25(19)40)37-23(38)14-35-26(41)15-8-17(36-22-6-4-3-5-7-34-22)12-18(9-15)44-27(42)28(31,32)33/h8-12,21,40H,2-7,13-14H2,1H3,(H,34,36)(H,35,41)(H,37,38)/t21-/m1/s1. The topological polar surface area (TPSA) is 155 Å². The second-order valence-electron chi connectivity index (χ2n) is 9.53. The minimum absolute atomic E-state index is 0.0200. The lowest BCUT2D eigenvalue weighted by molar-refractivity contribution is -0.189. The molecule has 0 spiro atoms. The van der Waals surface area contributed by atoms with Crippen molar-refractivity contribution in [1.29, 1.82) is 0 Å². The summed E-state index contributed by atoms with van der Waals surface area (Å²) in [7, 11) is 0. The number of esters is 2. The van der Waals surface area contributed by atoms with Crippen LogP contribution in [-0.2, 0) is 19.1 Å². The molecule has 0 unspecified atom stereocenters. The second kappa shape index (κ2) is 15.6. The van der Waals surface area contributed by atoms with Gasteiger partial charge in [0.2, 0.25) is 5.91 Å². The molecule has 0 aliphatic carbocycles. The van der Waals surface area contributed by atoms with E-state index in [1.807, 2.05) is 0 Å². The fraction of sp³-hybridized carbons (Fsp3) is 0.393. The Morgan fingerprint density at radius 2 is 1.82 bits per heavy atom. The molecule has 2 aromatic rings. The highest BCUT2D eigenvalue weighted by molar-refractivity contribution is 6.35. The Kier molecular flexibility index (Phi) is 12.2. The van der Waals surface area contributed by atoms with Crippen molar-refractivity contribution in [3.05, 3.63) is 51.5 Å². The van der Waals surface area contributed by atoms with Crippen LogP contribution in [0.2, 0.25) is 10.0 Å². The van der Waals surface area contributed by atoms with E-state index >= 15 is 0 Å². The summed E-state index contributed by atoms with van der Waals surface area (Å²) in [5, 5.41) is 18.2. The summed E-state index contributed by atoms with van der Waals surface area (Å²) in [5.41, 5.74) is -0.0774. The minimum Gasteiger partial charge on any atom is -0.506 e. The Bertz CT molecular complexity index is 1440. The number of carbonyl (C=O) groups is 4. The van der Waals surface area contributed by atoms with Crippen molar-refractivity contribution in [2.75, 3.05) is 25.0 Å². The Hall–Kier alpha value is -4.04. The first-order valence-corrected chi connectivity index (χ1v) is 14.2. The van der Waals surface area contributed by atoms with Crippen LogP contribution in [-0.4, -0.2) is 60.6 Å². The zero-order chi connectivity index (χ0) is 32.4. The largest absolute Gasteiger partial charge is 0.506 e. The third-order valence-electron chi connectivity index (χ3n) is 6.13. The normalized spacial score (nSPS) is 14.0. The van der Waals surface area contributed by atoms with E-state index in [0.29, 0.717) is 18.8 Å². The number of nitrogens with zero attached hydrogens (tertiary/aromatic N) is 1. The number of alkyl halides is 3.